The summed E-state index contributed by atoms with van der Waals surface area (Å²) in [5.41, 5.74) is 1.39. The van der Waals surface area contributed by atoms with Gasteiger partial charge in [-0.1, -0.05) is 12.1 Å². The van der Waals surface area contributed by atoms with Gasteiger partial charge in [0.25, 0.3) is 17.7 Å². The third kappa shape index (κ3) is 4.02. The van der Waals surface area contributed by atoms with Gasteiger partial charge >= 0.3 is 0 Å². The molecular weight excluding hydrogens is 374 g/mol. The maximum Gasteiger partial charge on any atom is 0.282 e. The standard InChI is InChI=1S/C21H19N3O5/c25-19(23-9-11-28-12-10-23)14-29-16-7-5-15(6-8-16)13-22-24-20(26)17-3-1-2-4-18(17)21(24)27/h1-8,13H,9-12,14H2. The molecule has 4 rings (SSSR count). The van der Waals surface area contributed by atoms with Gasteiger partial charge in [-0.2, -0.15) is 10.1 Å². The maximum absolute atomic E-state index is 12.3. The van der Waals surface area contributed by atoms with Crippen LogP contribution in [-0.2, 0) is 9.53 Å². The highest BCUT2D eigenvalue weighted by molar-refractivity contribution is 6.21. The fourth-order valence-electron chi connectivity index (χ4n) is 3.11. The zero-order valence-electron chi connectivity index (χ0n) is 15.6. The lowest BCUT2D eigenvalue weighted by atomic mass is 10.1. The fourth-order valence-corrected chi connectivity index (χ4v) is 3.11. The minimum atomic E-state index is -0.441. The maximum atomic E-state index is 12.3. The molecule has 2 aromatic rings. The molecule has 0 unspecified atom stereocenters. The number of amides is 3. The van der Waals surface area contributed by atoms with E-state index in [0.717, 1.165) is 5.01 Å². The Bertz CT molecular complexity index is 930. The Hall–Kier alpha value is -3.52. The summed E-state index contributed by atoms with van der Waals surface area (Å²) in [6, 6.07) is 13.5. The fraction of sp³-hybridized carbons (Fsp3) is 0.238. The summed E-state index contributed by atoms with van der Waals surface area (Å²) in [5.74, 6) is -0.416. The summed E-state index contributed by atoms with van der Waals surface area (Å²) in [7, 11) is 0. The monoisotopic (exact) mass is 393 g/mol. The number of nitrogens with zero attached hydrogens (tertiary/aromatic N) is 3. The van der Waals surface area contributed by atoms with E-state index in [0.29, 0.717) is 48.7 Å². The SMILES string of the molecule is O=C(COc1ccc(C=NN2C(=O)c3ccccc3C2=O)cc1)N1CCOCC1. The molecule has 2 heterocycles. The Balaban J connectivity index is 1.34. The molecule has 2 aliphatic rings. The minimum absolute atomic E-state index is 0.0392. The van der Waals surface area contributed by atoms with E-state index in [1.54, 1.807) is 53.4 Å². The van der Waals surface area contributed by atoms with E-state index in [9.17, 15) is 14.4 Å². The number of hydrogen-bond acceptors (Lipinski definition) is 6. The molecule has 0 aliphatic carbocycles. The highest BCUT2D eigenvalue weighted by atomic mass is 16.5. The van der Waals surface area contributed by atoms with Gasteiger partial charge in [-0.15, -0.1) is 0 Å². The molecule has 0 saturated carbocycles. The summed E-state index contributed by atoms with van der Waals surface area (Å²) >= 11 is 0. The van der Waals surface area contributed by atoms with E-state index in [2.05, 4.69) is 5.10 Å². The lowest BCUT2D eigenvalue weighted by molar-refractivity contribution is -0.137. The number of carbonyl (C=O) groups is 3. The van der Waals surface area contributed by atoms with Crippen LogP contribution in [0.15, 0.2) is 53.6 Å². The Kier molecular flexibility index (Phi) is 5.35. The van der Waals surface area contributed by atoms with Crippen molar-refractivity contribution >= 4 is 23.9 Å². The Labute approximate surface area is 167 Å². The normalized spacial score (nSPS) is 16.4. The molecular formula is C21H19N3O5. The van der Waals surface area contributed by atoms with E-state index in [-0.39, 0.29) is 12.5 Å². The number of ether oxygens (including phenoxy) is 2. The van der Waals surface area contributed by atoms with Gasteiger partial charge in [-0.25, -0.2) is 0 Å². The molecule has 1 saturated heterocycles. The predicted molar refractivity (Wildman–Crippen MR) is 104 cm³/mol. The molecule has 29 heavy (non-hydrogen) atoms. The Morgan fingerprint density at radius 2 is 1.62 bits per heavy atom. The second kappa shape index (κ2) is 8.24. The van der Waals surface area contributed by atoms with Crippen molar-refractivity contribution < 1.29 is 23.9 Å². The molecule has 0 aromatic heterocycles. The van der Waals surface area contributed by atoms with Gasteiger partial charge in [-0.3, -0.25) is 14.4 Å². The van der Waals surface area contributed by atoms with Crippen molar-refractivity contribution in [3.63, 3.8) is 0 Å². The molecule has 0 radical (unpaired) electrons. The van der Waals surface area contributed by atoms with Crippen molar-refractivity contribution in [2.45, 2.75) is 0 Å². The van der Waals surface area contributed by atoms with Crippen LogP contribution < -0.4 is 4.74 Å². The number of imide groups is 1. The average Bonchev–Trinajstić information content (AvgIpc) is 3.02. The van der Waals surface area contributed by atoms with Crippen LogP contribution in [0, 0.1) is 0 Å². The molecule has 8 heteroatoms. The van der Waals surface area contributed by atoms with Crippen molar-refractivity contribution in [3.8, 4) is 5.75 Å². The zero-order valence-corrected chi connectivity index (χ0v) is 15.6. The molecule has 148 valence electrons. The van der Waals surface area contributed by atoms with Crippen molar-refractivity contribution in [2.75, 3.05) is 32.9 Å². The third-order valence-corrected chi connectivity index (χ3v) is 4.70. The predicted octanol–water partition coefficient (Wildman–Crippen LogP) is 1.55. The van der Waals surface area contributed by atoms with Crippen LogP contribution in [0.2, 0.25) is 0 Å². The summed E-state index contributed by atoms with van der Waals surface area (Å²) in [4.78, 5) is 38.4. The van der Waals surface area contributed by atoms with Crippen molar-refractivity contribution in [2.24, 2.45) is 5.10 Å². The lowest BCUT2D eigenvalue weighted by Crippen LogP contribution is -2.42. The van der Waals surface area contributed by atoms with Gasteiger partial charge in [0.05, 0.1) is 30.6 Å². The van der Waals surface area contributed by atoms with Crippen molar-refractivity contribution in [1.29, 1.82) is 0 Å². The van der Waals surface area contributed by atoms with Gasteiger partial charge in [0.15, 0.2) is 6.61 Å². The smallest absolute Gasteiger partial charge is 0.282 e. The highest BCUT2D eigenvalue weighted by Gasteiger charge is 2.35. The van der Waals surface area contributed by atoms with Crippen LogP contribution in [-0.4, -0.2) is 66.8 Å². The summed E-state index contributed by atoms with van der Waals surface area (Å²) < 4.78 is 10.8. The molecule has 3 amide bonds. The molecule has 1 fully saturated rings. The van der Waals surface area contributed by atoms with E-state index < -0.39 is 11.8 Å². The number of hydrogen-bond donors (Lipinski definition) is 0. The quantitative estimate of drug-likeness (QED) is 0.568. The second-order valence-corrected chi connectivity index (χ2v) is 6.56. The first-order valence-electron chi connectivity index (χ1n) is 9.23. The van der Waals surface area contributed by atoms with Crippen LogP contribution in [0.1, 0.15) is 26.3 Å². The largest absolute Gasteiger partial charge is 0.484 e. The topological polar surface area (TPSA) is 88.5 Å². The lowest BCUT2D eigenvalue weighted by Gasteiger charge is -2.26. The molecule has 0 spiro atoms. The minimum Gasteiger partial charge on any atom is -0.484 e. The Morgan fingerprint density at radius 3 is 2.24 bits per heavy atom. The molecule has 2 aromatic carbocycles. The first kappa shape index (κ1) is 18.8. The molecule has 0 N–H and O–H groups in total. The van der Waals surface area contributed by atoms with Crippen LogP contribution in [0.5, 0.6) is 5.75 Å². The van der Waals surface area contributed by atoms with E-state index in [1.165, 1.54) is 6.21 Å². The van der Waals surface area contributed by atoms with Crippen LogP contribution >= 0.6 is 0 Å². The van der Waals surface area contributed by atoms with Gasteiger partial charge < -0.3 is 14.4 Å². The summed E-state index contributed by atoms with van der Waals surface area (Å²) in [6.45, 7) is 2.22. The van der Waals surface area contributed by atoms with Crippen molar-refractivity contribution in [1.82, 2.24) is 9.91 Å². The Morgan fingerprint density at radius 1 is 1.00 bits per heavy atom. The number of hydrazone groups is 1. The highest BCUT2D eigenvalue weighted by Crippen LogP contribution is 2.22. The first-order valence-corrected chi connectivity index (χ1v) is 9.23. The van der Waals surface area contributed by atoms with Gasteiger partial charge in [0.1, 0.15) is 5.75 Å². The number of carbonyl (C=O) groups excluding carboxylic acids is 3. The average molecular weight is 393 g/mol. The molecule has 8 nitrogen and oxygen atoms in total. The van der Waals surface area contributed by atoms with E-state index >= 15 is 0 Å². The van der Waals surface area contributed by atoms with Crippen LogP contribution in [0.25, 0.3) is 0 Å². The second-order valence-electron chi connectivity index (χ2n) is 6.56. The van der Waals surface area contributed by atoms with Gasteiger partial charge in [-0.05, 0) is 42.0 Å². The van der Waals surface area contributed by atoms with Gasteiger partial charge in [0, 0.05) is 13.1 Å². The first-order chi connectivity index (χ1) is 14.1. The number of benzene rings is 2. The summed E-state index contributed by atoms with van der Waals surface area (Å²) in [6.07, 6.45) is 1.43. The van der Waals surface area contributed by atoms with Crippen LogP contribution in [0.4, 0.5) is 0 Å². The van der Waals surface area contributed by atoms with E-state index in [1.807, 2.05) is 0 Å². The molecule has 0 bridgehead atoms. The zero-order chi connectivity index (χ0) is 20.2. The van der Waals surface area contributed by atoms with Gasteiger partial charge in [0.2, 0.25) is 0 Å². The number of fused-ring (bicyclic) bond motifs is 1. The van der Waals surface area contributed by atoms with E-state index in [4.69, 9.17) is 9.47 Å². The summed E-state index contributed by atoms with van der Waals surface area (Å²) in [5, 5.41) is 4.89. The molecule has 0 atom stereocenters. The van der Waals surface area contributed by atoms with Crippen LogP contribution in [0.3, 0.4) is 0 Å². The number of rotatable bonds is 5. The van der Waals surface area contributed by atoms with Crippen molar-refractivity contribution in [3.05, 3.63) is 65.2 Å². The molecule has 2 aliphatic heterocycles. The number of morpholine rings is 1. The third-order valence-electron chi connectivity index (χ3n) is 4.70.